The van der Waals surface area contributed by atoms with E-state index in [-0.39, 0.29) is 18.1 Å². The van der Waals surface area contributed by atoms with Gasteiger partial charge in [0.2, 0.25) is 5.89 Å². The van der Waals surface area contributed by atoms with Crippen LogP contribution in [0.25, 0.3) is 0 Å². The van der Waals surface area contributed by atoms with Crippen LogP contribution in [0.3, 0.4) is 0 Å². The summed E-state index contributed by atoms with van der Waals surface area (Å²) in [6.07, 6.45) is 1.34. The largest absolute Gasteiger partial charge is 0.342 e. The van der Waals surface area contributed by atoms with Crippen LogP contribution in [0.1, 0.15) is 27.8 Å². The summed E-state index contributed by atoms with van der Waals surface area (Å²) < 4.78 is 4.85. The molecule has 0 aliphatic carbocycles. The first-order valence-electron chi connectivity index (χ1n) is 5.12. The van der Waals surface area contributed by atoms with Crippen LogP contribution < -0.4 is 5.32 Å². The van der Waals surface area contributed by atoms with Crippen molar-refractivity contribution in [3.63, 3.8) is 0 Å². The molecule has 0 saturated carbocycles. The first-order chi connectivity index (χ1) is 8.69. The highest BCUT2D eigenvalue weighted by molar-refractivity contribution is 5.92. The first kappa shape index (κ1) is 11.7. The van der Waals surface area contributed by atoms with Crippen LogP contribution in [-0.2, 0) is 6.54 Å². The van der Waals surface area contributed by atoms with Crippen molar-refractivity contribution in [2.24, 2.45) is 0 Å². The van der Waals surface area contributed by atoms with Gasteiger partial charge in [-0.1, -0.05) is 5.16 Å². The van der Waals surface area contributed by atoms with E-state index < -0.39 is 0 Å². The number of nitrogens with zero attached hydrogens (tertiary/aromatic N) is 4. The van der Waals surface area contributed by atoms with E-state index in [0.29, 0.717) is 17.3 Å². The lowest BCUT2D eigenvalue weighted by atomic mass is 10.2. The zero-order valence-electron chi connectivity index (χ0n) is 9.54. The Morgan fingerprint density at radius 2 is 2.39 bits per heavy atom. The van der Waals surface area contributed by atoms with Crippen molar-refractivity contribution in [1.29, 1.82) is 5.26 Å². The highest BCUT2D eigenvalue weighted by Gasteiger charge is 2.09. The lowest BCUT2D eigenvalue weighted by Crippen LogP contribution is -2.23. The molecule has 0 saturated heterocycles. The molecule has 0 radical (unpaired) electrons. The summed E-state index contributed by atoms with van der Waals surface area (Å²) >= 11 is 0. The molecule has 2 rings (SSSR count). The fourth-order valence-corrected chi connectivity index (χ4v) is 1.25. The minimum Gasteiger partial charge on any atom is -0.342 e. The summed E-state index contributed by atoms with van der Waals surface area (Å²) in [5.41, 5.74) is 0.629. The van der Waals surface area contributed by atoms with Crippen LogP contribution in [-0.4, -0.2) is 21.0 Å². The van der Waals surface area contributed by atoms with E-state index >= 15 is 0 Å². The number of rotatable bonds is 3. The number of hydrogen-bond acceptors (Lipinski definition) is 6. The summed E-state index contributed by atoms with van der Waals surface area (Å²) in [5.74, 6) is 0.473. The molecule has 0 aliphatic heterocycles. The smallest absolute Gasteiger partial charge is 0.270 e. The monoisotopic (exact) mass is 243 g/mol. The van der Waals surface area contributed by atoms with Crippen molar-refractivity contribution in [2.75, 3.05) is 0 Å². The van der Waals surface area contributed by atoms with E-state index in [4.69, 9.17) is 9.78 Å². The molecule has 7 nitrogen and oxygen atoms in total. The first-order valence-corrected chi connectivity index (χ1v) is 5.12. The molecule has 2 heterocycles. The molecule has 2 aromatic rings. The topological polar surface area (TPSA) is 105 Å². The zero-order chi connectivity index (χ0) is 13.0. The van der Waals surface area contributed by atoms with Gasteiger partial charge in [-0.15, -0.1) is 0 Å². The molecule has 90 valence electrons. The number of hydrogen-bond donors (Lipinski definition) is 1. The highest BCUT2D eigenvalue weighted by Crippen LogP contribution is 2.00. The van der Waals surface area contributed by atoms with E-state index in [9.17, 15) is 4.79 Å². The van der Waals surface area contributed by atoms with Gasteiger partial charge in [0, 0.05) is 6.20 Å². The van der Waals surface area contributed by atoms with Crippen LogP contribution >= 0.6 is 0 Å². The molecule has 1 amide bonds. The van der Waals surface area contributed by atoms with Crippen LogP contribution in [0.4, 0.5) is 0 Å². The number of aromatic nitrogens is 3. The number of carbonyl (C=O) groups is 1. The fraction of sp³-hybridized carbons (Fsp3) is 0.182. The average Bonchev–Trinajstić information content (AvgIpc) is 2.82. The molecule has 0 aromatic carbocycles. The van der Waals surface area contributed by atoms with E-state index in [0.717, 1.165) is 0 Å². The Bertz CT molecular complexity index is 597. The molecule has 18 heavy (non-hydrogen) atoms. The Labute approximate surface area is 102 Å². The van der Waals surface area contributed by atoms with E-state index in [1.165, 1.54) is 18.3 Å². The summed E-state index contributed by atoms with van der Waals surface area (Å²) in [7, 11) is 0. The molecule has 0 spiro atoms. The molecule has 0 unspecified atom stereocenters. The second kappa shape index (κ2) is 5.05. The number of amides is 1. The molecule has 0 bridgehead atoms. The van der Waals surface area contributed by atoms with Crippen molar-refractivity contribution in [1.82, 2.24) is 20.4 Å². The predicted molar refractivity (Wildman–Crippen MR) is 59.2 cm³/mol. The quantitative estimate of drug-likeness (QED) is 0.845. The zero-order valence-corrected chi connectivity index (χ0v) is 9.54. The maximum atomic E-state index is 11.7. The van der Waals surface area contributed by atoms with E-state index in [2.05, 4.69) is 20.4 Å². The minimum absolute atomic E-state index is 0.140. The molecule has 0 aliphatic rings. The summed E-state index contributed by atoms with van der Waals surface area (Å²) in [5, 5.41) is 14.8. The summed E-state index contributed by atoms with van der Waals surface area (Å²) in [4.78, 5) is 19.5. The normalized spacial score (nSPS) is 9.78. The SMILES string of the molecule is Cc1noc(CNC(=O)c2ccc(C#N)cn2)n1. The van der Waals surface area contributed by atoms with Gasteiger partial charge in [0.1, 0.15) is 11.8 Å². The van der Waals surface area contributed by atoms with Gasteiger partial charge in [-0.3, -0.25) is 4.79 Å². The predicted octanol–water partition coefficient (Wildman–Crippen LogP) is 0.575. The molecule has 2 aromatic heterocycles. The van der Waals surface area contributed by atoms with Crippen molar-refractivity contribution in [2.45, 2.75) is 13.5 Å². The number of nitriles is 1. The second-order valence-electron chi connectivity index (χ2n) is 3.46. The Morgan fingerprint density at radius 1 is 1.56 bits per heavy atom. The van der Waals surface area contributed by atoms with Gasteiger partial charge in [0.05, 0.1) is 12.1 Å². The third-order valence-electron chi connectivity index (χ3n) is 2.10. The number of nitrogens with one attached hydrogen (secondary N) is 1. The second-order valence-corrected chi connectivity index (χ2v) is 3.46. The van der Waals surface area contributed by atoms with Gasteiger partial charge in [0.25, 0.3) is 5.91 Å². The summed E-state index contributed by atoms with van der Waals surface area (Å²) in [6, 6.07) is 4.93. The Balaban J connectivity index is 1.97. The summed E-state index contributed by atoms with van der Waals surface area (Å²) in [6.45, 7) is 1.83. The highest BCUT2D eigenvalue weighted by atomic mass is 16.5. The maximum Gasteiger partial charge on any atom is 0.270 e. The van der Waals surface area contributed by atoms with Crippen molar-refractivity contribution in [3.8, 4) is 6.07 Å². The molecule has 0 atom stereocenters. The number of aryl methyl sites for hydroxylation is 1. The van der Waals surface area contributed by atoms with E-state index in [1.54, 1.807) is 6.92 Å². The molecule has 1 N–H and O–H groups in total. The molecule has 0 fully saturated rings. The molecular formula is C11H9N5O2. The Kier molecular flexibility index (Phi) is 3.29. The standard InChI is InChI=1S/C11H9N5O2/c1-7-15-10(18-16-7)6-14-11(17)9-3-2-8(4-12)5-13-9/h2-3,5H,6H2,1H3,(H,14,17). The Morgan fingerprint density at radius 3 is 2.94 bits per heavy atom. The fourth-order valence-electron chi connectivity index (χ4n) is 1.25. The number of pyridine rings is 1. The van der Waals surface area contributed by atoms with Crippen LogP contribution in [0.15, 0.2) is 22.9 Å². The lowest BCUT2D eigenvalue weighted by Gasteiger charge is -2.00. The van der Waals surface area contributed by atoms with Gasteiger partial charge in [-0.05, 0) is 19.1 Å². The maximum absolute atomic E-state index is 11.7. The number of carbonyl (C=O) groups excluding carboxylic acids is 1. The van der Waals surface area contributed by atoms with Crippen LogP contribution in [0.5, 0.6) is 0 Å². The van der Waals surface area contributed by atoms with Gasteiger partial charge in [-0.25, -0.2) is 4.98 Å². The minimum atomic E-state index is -0.365. The van der Waals surface area contributed by atoms with Gasteiger partial charge in [0.15, 0.2) is 5.82 Å². The Hall–Kier alpha value is -2.75. The van der Waals surface area contributed by atoms with Gasteiger partial charge < -0.3 is 9.84 Å². The average molecular weight is 243 g/mol. The van der Waals surface area contributed by atoms with Crippen LogP contribution in [0.2, 0.25) is 0 Å². The van der Waals surface area contributed by atoms with Crippen molar-refractivity contribution >= 4 is 5.91 Å². The third kappa shape index (κ3) is 2.68. The van der Waals surface area contributed by atoms with Crippen molar-refractivity contribution in [3.05, 3.63) is 41.3 Å². The van der Waals surface area contributed by atoms with Gasteiger partial charge in [-0.2, -0.15) is 10.2 Å². The lowest BCUT2D eigenvalue weighted by molar-refractivity contribution is 0.0941. The molecule has 7 heteroatoms. The van der Waals surface area contributed by atoms with Crippen molar-refractivity contribution < 1.29 is 9.32 Å². The third-order valence-corrected chi connectivity index (χ3v) is 2.10. The molecular weight excluding hydrogens is 234 g/mol. The van der Waals surface area contributed by atoms with Crippen LogP contribution in [0, 0.1) is 18.3 Å². The van der Waals surface area contributed by atoms with E-state index in [1.807, 2.05) is 6.07 Å². The van der Waals surface area contributed by atoms with Gasteiger partial charge >= 0.3 is 0 Å².